The van der Waals surface area contributed by atoms with Gasteiger partial charge in [0.15, 0.2) is 0 Å². The molecule has 0 radical (unpaired) electrons. The molecule has 0 aliphatic heterocycles. The Balaban J connectivity index is 2.99. The summed E-state index contributed by atoms with van der Waals surface area (Å²) in [7, 11) is 0. The molecule has 0 aliphatic rings. The van der Waals surface area contributed by atoms with Crippen molar-refractivity contribution in [1.82, 2.24) is 0 Å². The summed E-state index contributed by atoms with van der Waals surface area (Å²) in [4.78, 5) is 20.7. The fourth-order valence-corrected chi connectivity index (χ4v) is 1.55. The summed E-state index contributed by atoms with van der Waals surface area (Å²) in [6.07, 6.45) is -1.77. The van der Waals surface area contributed by atoms with Gasteiger partial charge in [0.05, 0.1) is 6.42 Å². The van der Waals surface area contributed by atoms with Crippen molar-refractivity contribution in [2.45, 2.75) is 25.7 Å². The average molecular weight is 242 g/mol. The largest absolute Gasteiger partial charge is 0.481 e. The highest BCUT2D eigenvalue weighted by Crippen LogP contribution is 2.25. The smallest absolute Gasteiger partial charge is 0.307 e. The molecule has 0 saturated heterocycles. The number of aliphatic carboxylic acids is 1. The molecule has 3 nitrogen and oxygen atoms in total. The molecule has 92 valence electrons. The second-order valence-electron chi connectivity index (χ2n) is 3.61. The first-order chi connectivity index (χ1) is 8.04. The van der Waals surface area contributed by atoms with Crippen LogP contribution in [0.2, 0.25) is 0 Å². The maximum atomic E-state index is 12.7. The number of carboxylic acids is 1. The summed E-state index contributed by atoms with van der Waals surface area (Å²) in [5.41, 5.74) is 0.458. The second kappa shape index (κ2) is 6.08. The average Bonchev–Trinajstić information content (AvgIpc) is 2.26. The number of hydrogen-bond donors (Lipinski definition) is 1. The number of halogens is 2. The first kappa shape index (κ1) is 13.3. The van der Waals surface area contributed by atoms with Crippen LogP contribution in [0.3, 0.4) is 0 Å². The molecule has 0 spiro atoms. The van der Waals surface area contributed by atoms with Crippen molar-refractivity contribution in [3.8, 4) is 0 Å². The lowest BCUT2D eigenvalue weighted by Crippen LogP contribution is -2.05. The molecule has 0 bridgehead atoms. The molecule has 0 heterocycles. The minimum absolute atomic E-state index is 0.113. The van der Waals surface area contributed by atoms with Gasteiger partial charge >= 0.3 is 5.97 Å². The van der Waals surface area contributed by atoms with Crippen LogP contribution in [0, 0.1) is 0 Å². The summed E-state index contributed by atoms with van der Waals surface area (Å²) < 4.78 is 25.4. The molecule has 0 aromatic heterocycles. The Labute approximate surface area is 97.1 Å². The lowest BCUT2D eigenvalue weighted by Gasteiger charge is -2.09. The van der Waals surface area contributed by atoms with E-state index in [1.807, 2.05) is 0 Å². The van der Waals surface area contributed by atoms with E-state index in [-0.39, 0.29) is 17.5 Å². The summed E-state index contributed by atoms with van der Waals surface area (Å²) in [6, 6.07) is 4.23. The minimum atomic E-state index is -2.71. The number of carbonyl (C=O) groups excluding carboxylic acids is 1. The third-order valence-electron chi connectivity index (χ3n) is 2.34. The zero-order chi connectivity index (χ0) is 12.8. The van der Waals surface area contributed by atoms with E-state index in [1.54, 1.807) is 6.07 Å². The third kappa shape index (κ3) is 3.94. The Bertz CT molecular complexity index is 416. The second-order valence-corrected chi connectivity index (χ2v) is 3.61. The highest BCUT2D eigenvalue weighted by molar-refractivity contribution is 5.70. The van der Waals surface area contributed by atoms with E-state index in [0.29, 0.717) is 18.3 Å². The van der Waals surface area contributed by atoms with Crippen LogP contribution in [-0.2, 0) is 22.4 Å². The maximum absolute atomic E-state index is 12.7. The molecule has 0 amide bonds. The van der Waals surface area contributed by atoms with Gasteiger partial charge in [0.25, 0.3) is 6.43 Å². The lowest BCUT2D eigenvalue weighted by molar-refractivity contribution is -0.136. The predicted molar refractivity (Wildman–Crippen MR) is 57.1 cm³/mol. The number of benzene rings is 1. The van der Waals surface area contributed by atoms with Crippen molar-refractivity contribution < 1.29 is 23.5 Å². The van der Waals surface area contributed by atoms with Gasteiger partial charge < -0.3 is 9.90 Å². The zero-order valence-corrected chi connectivity index (χ0v) is 9.03. The fourth-order valence-electron chi connectivity index (χ4n) is 1.55. The molecular weight excluding hydrogens is 230 g/mol. The number of rotatable bonds is 6. The Kier molecular flexibility index (Phi) is 4.75. The minimum Gasteiger partial charge on any atom is -0.481 e. The number of alkyl halides is 2. The van der Waals surface area contributed by atoms with Crippen molar-refractivity contribution in [3.05, 3.63) is 34.9 Å². The Hall–Kier alpha value is -1.78. The van der Waals surface area contributed by atoms with Crippen molar-refractivity contribution in [2.75, 3.05) is 0 Å². The lowest BCUT2D eigenvalue weighted by atomic mass is 9.99. The van der Waals surface area contributed by atoms with Crippen LogP contribution in [0.25, 0.3) is 0 Å². The van der Waals surface area contributed by atoms with Gasteiger partial charge in [0.1, 0.15) is 6.29 Å². The van der Waals surface area contributed by atoms with Gasteiger partial charge in [-0.1, -0.05) is 12.1 Å². The molecule has 0 aliphatic carbocycles. The summed E-state index contributed by atoms with van der Waals surface area (Å²) in [5, 5.41) is 8.59. The molecule has 0 unspecified atom stereocenters. The topological polar surface area (TPSA) is 54.4 Å². The third-order valence-corrected chi connectivity index (χ3v) is 2.34. The van der Waals surface area contributed by atoms with E-state index in [9.17, 15) is 18.4 Å². The predicted octanol–water partition coefficient (Wildman–Crippen LogP) is 2.38. The van der Waals surface area contributed by atoms with Gasteiger partial charge in [-0.05, 0) is 23.6 Å². The van der Waals surface area contributed by atoms with Gasteiger partial charge in [-0.2, -0.15) is 0 Å². The fraction of sp³-hybridized carbons (Fsp3) is 0.333. The van der Waals surface area contributed by atoms with E-state index in [0.717, 1.165) is 0 Å². The standard InChI is InChI=1S/C12H12F2O3/c13-12(14)10-6-8(2-1-5-15)3-4-9(10)7-11(16)17/h3-6,12H,1-2,7H2,(H,16,17). The summed E-state index contributed by atoms with van der Waals surface area (Å²) >= 11 is 0. The molecule has 0 saturated carbocycles. The van der Waals surface area contributed by atoms with E-state index >= 15 is 0 Å². The van der Waals surface area contributed by atoms with Gasteiger partial charge in [-0.3, -0.25) is 4.79 Å². The Morgan fingerprint density at radius 3 is 2.65 bits per heavy atom. The van der Waals surface area contributed by atoms with E-state index < -0.39 is 18.8 Å². The van der Waals surface area contributed by atoms with Crippen LogP contribution in [0.15, 0.2) is 18.2 Å². The van der Waals surface area contributed by atoms with E-state index in [2.05, 4.69) is 0 Å². The Morgan fingerprint density at radius 2 is 2.12 bits per heavy atom. The molecule has 1 aromatic carbocycles. The highest BCUT2D eigenvalue weighted by Gasteiger charge is 2.15. The normalized spacial score (nSPS) is 10.5. The van der Waals surface area contributed by atoms with Gasteiger partial charge in [0, 0.05) is 12.0 Å². The number of hydrogen-bond acceptors (Lipinski definition) is 2. The molecule has 0 atom stereocenters. The number of aldehydes is 1. The van der Waals surface area contributed by atoms with Crippen LogP contribution in [0.4, 0.5) is 8.78 Å². The monoisotopic (exact) mass is 242 g/mol. The van der Waals surface area contributed by atoms with Crippen molar-refractivity contribution in [1.29, 1.82) is 0 Å². The van der Waals surface area contributed by atoms with Gasteiger partial charge in [-0.15, -0.1) is 0 Å². The molecule has 1 rings (SSSR count). The molecular formula is C12H12F2O3. The first-order valence-electron chi connectivity index (χ1n) is 5.10. The Morgan fingerprint density at radius 1 is 1.41 bits per heavy atom. The molecule has 17 heavy (non-hydrogen) atoms. The van der Waals surface area contributed by atoms with Crippen molar-refractivity contribution >= 4 is 12.3 Å². The molecule has 0 fully saturated rings. The van der Waals surface area contributed by atoms with Crippen LogP contribution < -0.4 is 0 Å². The van der Waals surface area contributed by atoms with E-state index in [4.69, 9.17) is 5.11 Å². The number of aryl methyl sites for hydroxylation is 1. The van der Waals surface area contributed by atoms with Crippen molar-refractivity contribution in [2.24, 2.45) is 0 Å². The number of carbonyl (C=O) groups is 2. The van der Waals surface area contributed by atoms with Gasteiger partial charge in [0.2, 0.25) is 0 Å². The van der Waals surface area contributed by atoms with Crippen LogP contribution in [0.5, 0.6) is 0 Å². The van der Waals surface area contributed by atoms with Crippen LogP contribution in [-0.4, -0.2) is 17.4 Å². The number of carboxylic acid groups (broad SMARTS) is 1. The zero-order valence-electron chi connectivity index (χ0n) is 9.03. The summed E-state index contributed by atoms with van der Waals surface area (Å²) in [5.74, 6) is -1.15. The quantitative estimate of drug-likeness (QED) is 0.779. The highest BCUT2D eigenvalue weighted by atomic mass is 19.3. The first-order valence-corrected chi connectivity index (χ1v) is 5.10. The van der Waals surface area contributed by atoms with Crippen LogP contribution >= 0.6 is 0 Å². The summed E-state index contributed by atoms with van der Waals surface area (Å²) in [6.45, 7) is 0. The van der Waals surface area contributed by atoms with Crippen molar-refractivity contribution in [3.63, 3.8) is 0 Å². The molecule has 1 aromatic rings. The van der Waals surface area contributed by atoms with Gasteiger partial charge in [-0.25, -0.2) is 8.78 Å². The van der Waals surface area contributed by atoms with Crippen LogP contribution in [0.1, 0.15) is 29.5 Å². The van der Waals surface area contributed by atoms with E-state index in [1.165, 1.54) is 12.1 Å². The molecule has 5 heteroatoms. The SMILES string of the molecule is O=CCCc1ccc(CC(=O)O)c(C(F)F)c1. The molecule has 1 N–H and O–H groups in total. The maximum Gasteiger partial charge on any atom is 0.307 e.